The minimum Gasteiger partial charge on any atom is -0.376 e. The van der Waals surface area contributed by atoms with Gasteiger partial charge in [-0.2, -0.15) is 0 Å². The van der Waals surface area contributed by atoms with Crippen molar-refractivity contribution in [1.82, 2.24) is 14.9 Å². The van der Waals surface area contributed by atoms with Crippen molar-refractivity contribution in [2.24, 2.45) is 5.92 Å². The van der Waals surface area contributed by atoms with Gasteiger partial charge in [0.2, 0.25) is 0 Å². The zero-order valence-corrected chi connectivity index (χ0v) is 13.7. The third kappa shape index (κ3) is 3.62. The molecule has 3 heterocycles. The summed E-state index contributed by atoms with van der Waals surface area (Å²) in [7, 11) is 0. The van der Waals surface area contributed by atoms with Crippen LogP contribution in [0.2, 0.25) is 0 Å². The Labute approximate surface area is 136 Å². The summed E-state index contributed by atoms with van der Waals surface area (Å²) < 4.78 is 5.75. The second kappa shape index (κ2) is 6.96. The first-order valence-electron chi connectivity index (χ1n) is 8.10. The average Bonchev–Trinajstić information content (AvgIpc) is 3.08. The molecule has 2 aromatic heterocycles. The van der Waals surface area contributed by atoms with E-state index in [-0.39, 0.29) is 5.91 Å². The largest absolute Gasteiger partial charge is 0.376 e. The fourth-order valence-electron chi connectivity index (χ4n) is 2.90. The van der Waals surface area contributed by atoms with Crippen molar-refractivity contribution in [3.8, 4) is 0 Å². The highest BCUT2D eigenvalue weighted by molar-refractivity contribution is 5.92. The van der Waals surface area contributed by atoms with Crippen LogP contribution >= 0.6 is 0 Å². The Morgan fingerprint density at radius 2 is 2.30 bits per heavy atom. The van der Waals surface area contributed by atoms with E-state index in [1.807, 2.05) is 29.4 Å². The van der Waals surface area contributed by atoms with E-state index in [9.17, 15) is 4.79 Å². The van der Waals surface area contributed by atoms with E-state index < -0.39 is 0 Å². The predicted molar refractivity (Wildman–Crippen MR) is 88.0 cm³/mol. The third-order valence-corrected chi connectivity index (χ3v) is 4.05. The molecule has 1 N–H and O–H groups in total. The van der Waals surface area contributed by atoms with Crippen LogP contribution in [-0.2, 0) is 24.3 Å². The van der Waals surface area contributed by atoms with Crippen LogP contribution in [0.1, 0.15) is 41.0 Å². The molecule has 0 saturated heterocycles. The Kier molecular flexibility index (Phi) is 4.76. The number of nitrogens with zero attached hydrogens (tertiary/aromatic N) is 2. The van der Waals surface area contributed by atoms with Gasteiger partial charge in [0, 0.05) is 38.3 Å². The monoisotopic (exact) mass is 313 g/mol. The molecule has 3 rings (SSSR count). The number of nitrogens with one attached hydrogen (secondary N) is 1. The van der Waals surface area contributed by atoms with Gasteiger partial charge in [-0.3, -0.25) is 9.78 Å². The van der Waals surface area contributed by atoms with Crippen molar-refractivity contribution in [3.05, 3.63) is 53.1 Å². The maximum Gasteiger partial charge on any atom is 0.270 e. The van der Waals surface area contributed by atoms with Gasteiger partial charge in [-0.25, -0.2) is 0 Å². The molecular weight excluding hydrogens is 290 g/mol. The number of pyridine rings is 1. The van der Waals surface area contributed by atoms with E-state index in [1.165, 1.54) is 5.56 Å². The summed E-state index contributed by atoms with van der Waals surface area (Å²) in [5.74, 6) is 0.568. The number of carbonyl (C=O) groups is 1. The number of hydrogen-bond donors (Lipinski definition) is 1. The summed E-state index contributed by atoms with van der Waals surface area (Å²) >= 11 is 0. The first kappa shape index (κ1) is 15.7. The van der Waals surface area contributed by atoms with E-state index in [0.29, 0.717) is 24.8 Å². The number of aromatic nitrogens is 2. The summed E-state index contributed by atoms with van der Waals surface area (Å²) in [6, 6.07) is 3.66. The summed E-state index contributed by atoms with van der Waals surface area (Å²) in [5.41, 5.74) is 4.20. The Hall–Kier alpha value is -2.14. The van der Waals surface area contributed by atoms with Crippen LogP contribution in [0, 0.1) is 5.92 Å². The molecule has 0 radical (unpaired) electrons. The summed E-state index contributed by atoms with van der Waals surface area (Å²) in [6.45, 7) is 6.97. The molecule has 0 unspecified atom stereocenters. The lowest BCUT2D eigenvalue weighted by atomic mass is 9.97. The average molecular weight is 313 g/mol. The van der Waals surface area contributed by atoms with Crippen molar-refractivity contribution in [2.75, 3.05) is 13.2 Å². The quantitative estimate of drug-likeness (QED) is 0.923. The van der Waals surface area contributed by atoms with Crippen LogP contribution < -0.4 is 0 Å². The van der Waals surface area contributed by atoms with Crippen LogP contribution in [0.5, 0.6) is 0 Å². The minimum absolute atomic E-state index is 0.0436. The molecule has 0 bridgehead atoms. The zero-order chi connectivity index (χ0) is 16.2. The van der Waals surface area contributed by atoms with Crippen LogP contribution in [0.4, 0.5) is 0 Å². The number of hydrogen-bond acceptors (Lipinski definition) is 3. The van der Waals surface area contributed by atoms with Gasteiger partial charge >= 0.3 is 0 Å². The molecule has 0 aromatic carbocycles. The number of ether oxygens (including phenoxy) is 1. The molecule has 0 aliphatic carbocycles. The lowest BCUT2D eigenvalue weighted by Crippen LogP contribution is -2.36. The highest BCUT2D eigenvalue weighted by atomic mass is 16.5. The maximum absolute atomic E-state index is 12.5. The minimum atomic E-state index is 0.0436. The zero-order valence-electron chi connectivity index (χ0n) is 13.7. The SMILES string of the molecule is CC(C)COCc1cncc2c1CCN(C(=O)c1ccc[nH]1)C2. The molecule has 122 valence electrons. The topological polar surface area (TPSA) is 58.2 Å². The molecule has 0 saturated carbocycles. The van der Waals surface area contributed by atoms with Crippen LogP contribution in [0.15, 0.2) is 30.7 Å². The normalized spacial score (nSPS) is 14.1. The summed E-state index contributed by atoms with van der Waals surface area (Å²) in [4.78, 5) is 21.6. The first-order valence-corrected chi connectivity index (χ1v) is 8.10. The molecule has 5 heteroatoms. The lowest BCUT2D eigenvalue weighted by molar-refractivity contribution is 0.0726. The highest BCUT2D eigenvalue weighted by Gasteiger charge is 2.24. The van der Waals surface area contributed by atoms with Crippen molar-refractivity contribution in [3.63, 3.8) is 0 Å². The Morgan fingerprint density at radius 3 is 3.04 bits per heavy atom. The van der Waals surface area contributed by atoms with Gasteiger partial charge in [-0.15, -0.1) is 0 Å². The number of amides is 1. The van der Waals surface area contributed by atoms with E-state index in [4.69, 9.17) is 4.74 Å². The third-order valence-electron chi connectivity index (χ3n) is 4.05. The fourth-order valence-corrected chi connectivity index (χ4v) is 2.90. The van der Waals surface area contributed by atoms with E-state index in [1.54, 1.807) is 6.20 Å². The number of carbonyl (C=O) groups excluding carboxylic acids is 1. The number of aromatic amines is 1. The fraction of sp³-hybridized carbons (Fsp3) is 0.444. The van der Waals surface area contributed by atoms with E-state index in [2.05, 4.69) is 23.8 Å². The highest BCUT2D eigenvalue weighted by Crippen LogP contribution is 2.23. The molecule has 5 nitrogen and oxygen atoms in total. The first-order chi connectivity index (χ1) is 11.1. The van der Waals surface area contributed by atoms with Crippen molar-refractivity contribution in [1.29, 1.82) is 0 Å². The Bertz CT molecular complexity index is 665. The van der Waals surface area contributed by atoms with Gasteiger partial charge in [0.05, 0.1) is 6.61 Å². The van der Waals surface area contributed by atoms with Crippen molar-refractivity contribution < 1.29 is 9.53 Å². The predicted octanol–water partition coefficient (Wildman–Crippen LogP) is 2.78. The lowest BCUT2D eigenvalue weighted by Gasteiger charge is -2.29. The standard InChI is InChI=1S/C18H23N3O2/c1-13(2)11-23-12-15-9-19-8-14-10-21(7-5-16(14)15)18(22)17-4-3-6-20-17/h3-4,6,8-9,13,20H,5,7,10-12H2,1-2H3. The van der Waals surface area contributed by atoms with Gasteiger partial charge in [-0.1, -0.05) is 13.8 Å². The Balaban J connectivity index is 1.70. The number of H-pyrrole nitrogens is 1. The molecule has 0 fully saturated rings. The second-order valence-corrected chi connectivity index (χ2v) is 6.41. The van der Waals surface area contributed by atoms with E-state index in [0.717, 1.165) is 30.7 Å². The molecule has 23 heavy (non-hydrogen) atoms. The van der Waals surface area contributed by atoms with Crippen molar-refractivity contribution in [2.45, 2.75) is 33.4 Å². The second-order valence-electron chi connectivity index (χ2n) is 6.41. The number of fused-ring (bicyclic) bond motifs is 1. The summed E-state index contributed by atoms with van der Waals surface area (Å²) in [5, 5.41) is 0. The van der Waals surface area contributed by atoms with Gasteiger partial charge in [0.15, 0.2) is 0 Å². The van der Waals surface area contributed by atoms with Crippen molar-refractivity contribution >= 4 is 5.91 Å². The molecule has 1 aliphatic rings. The van der Waals surface area contributed by atoms with Crippen LogP contribution in [-0.4, -0.2) is 33.9 Å². The molecule has 1 aliphatic heterocycles. The van der Waals surface area contributed by atoms with Gasteiger partial charge in [0.25, 0.3) is 5.91 Å². The van der Waals surface area contributed by atoms with Gasteiger partial charge in [-0.05, 0) is 41.2 Å². The summed E-state index contributed by atoms with van der Waals surface area (Å²) in [6.07, 6.45) is 6.39. The molecule has 2 aromatic rings. The van der Waals surface area contributed by atoms with Crippen LogP contribution in [0.3, 0.4) is 0 Å². The van der Waals surface area contributed by atoms with Gasteiger partial charge < -0.3 is 14.6 Å². The smallest absolute Gasteiger partial charge is 0.270 e. The molecule has 1 amide bonds. The van der Waals surface area contributed by atoms with Gasteiger partial charge in [0.1, 0.15) is 5.69 Å². The van der Waals surface area contributed by atoms with E-state index >= 15 is 0 Å². The van der Waals surface area contributed by atoms with Crippen LogP contribution in [0.25, 0.3) is 0 Å². The Morgan fingerprint density at radius 1 is 1.43 bits per heavy atom. The molecular formula is C18H23N3O2. The molecule has 0 spiro atoms. The maximum atomic E-state index is 12.5. The number of rotatable bonds is 5. The molecule has 0 atom stereocenters.